The van der Waals surface area contributed by atoms with E-state index >= 15 is 0 Å². The molecule has 2 bridgehead atoms. The Labute approximate surface area is 153 Å². The maximum Gasteiger partial charge on any atom is 0.267 e. The number of anilines is 3. The Morgan fingerprint density at radius 3 is 2.88 bits per heavy atom. The van der Waals surface area contributed by atoms with E-state index in [1.165, 1.54) is 23.5 Å². The van der Waals surface area contributed by atoms with E-state index in [1.54, 1.807) is 12.1 Å². The highest BCUT2D eigenvalue weighted by Crippen LogP contribution is 2.45. The zero-order valence-electron chi connectivity index (χ0n) is 14.0. The Morgan fingerprint density at radius 1 is 1.31 bits per heavy atom. The molecule has 0 unspecified atom stereocenters. The number of nitrogens with one attached hydrogen (secondary N) is 1. The molecule has 0 saturated carbocycles. The summed E-state index contributed by atoms with van der Waals surface area (Å²) in [6.45, 7) is 2.11. The van der Waals surface area contributed by atoms with Gasteiger partial charge in [0.05, 0.1) is 17.1 Å². The molecular weight excluding hydrogens is 351 g/mol. The summed E-state index contributed by atoms with van der Waals surface area (Å²) in [5.41, 5.74) is 9.41. The molecule has 2 aromatic heterocycles. The van der Waals surface area contributed by atoms with Crippen LogP contribution in [0.3, 0.4) is 0 Å². The minimum Gasteiger partial charge on any atom is -0.397 e. The van der Waals surface area contributed by atoms with Crippen molar-refractivity contribution in [2.75, 3.05) is 29.0 Å². The number of thiophene rings is 1. The highest BCUT2D eigenvalue weighted by atomic mass is 32.1. The SMILES string of the molecule is Nc1c(C(=O)Nc2cccc(F)c2)sc2nc3c(cc12)N1CCC3CC1. The fraction of sp³-hybridized carbons (Fsp3) is 0.263. The molecule has 3 aromatic rings. The average Bonchev–Trinajstić information content (AvgIpc) is 2.98. The first-order valence-electron chi connectivity index (χ1n) is 8.65. The lowest BCUT2D eigenvalue weighted by Gasteiger charge is -2.41. The van der Waals surface area contributed by atoms with Crippen LogP contribution in [0.1, 0.15) is 34.1 Å². The molecule has 3 N–H and O–H groups in total. The summed E-state index contributed by atoms with van der Waals surface area (Å²) in [7, 11) is 0. The Morgan fingerprint density at radius 2 is 2.12 bits per heavy atom. The van der Waals surface area contributed by atoms with Crippen molar-refractivity contribution in [3.8, 4) is 0 Å². The molecule has 0 spiro atoms. The van der Waals surface area contributed by atoms with Crippen molar-refractivity contribution in [1.82, 2.24) is 4.98 Å². The zero-order chi connectivity index (χ0) is 17.8. The summed E-state index contributed by atoms with van der Waals surface area (Å²) in [6.07, 6.45) is 2.28. The number of benzene rings is 1. The maximum atomic E-state index is 13.3. The van der Waals surface area contributed by atoms with Crippen LogP contribution in [0.2, 0.25) is 0 Å². The highest BCUT2D eigenvalue weighted by molar-refractivity contribution is 7.21. The van der Waals surface area contributed by atoms with E-state index in [2.05, 4.69) is 16.3 Å². The van der Waals surface area contributed by atoms with Crippen molar-refractivity contribution in [2.45, 2.75) is 18.8 Å². The lowest BCUT2D eigenvalue weighted by Crippen LogP contribution is -2.39. The lowest BCUT2D eigenvalue weighted by molar-refractivity contribution is 0.103. The number of amides is 1. The summed E-state index contributed by atoms with van der Waals surface area (Å²) in [5.74, 6) is -0.226. The number of rotatable bonds is 2. The van der Waals surface area contributed by atoms with Gasteiger partial charge in [0.25, 0.3) is 5.91 Å². The van der Waals surface area contributed by atoms with Crippen LogP contribution in [0.15, 0.2) is 30.3 Å². The number of nitrogen functional groups attached to an aromatic ring is 1. The summed E-state index contributed by atoms with van der Waals surface area (Å²) in [6, 6.07) is 7.89. The monoisotopic (exact) mass is 368 g/mol. The average molecular weight is 368 g/mol. The van der Waals surface area contributed by atoms with Crippen molar-refractivity contribution in [2.24, 2.45) is 0 Å². The van der Waals surface area contributed by atoms with Gasteiger partial charge >= 0.3 is 0 Å². The van der Waals surface area contributed by atoms with Crippen LogP contribution in [-0.2, 0) is 0 Å². The smallest absolute Gasteiger partial charge is 0.267 e. The van der Waals surface area contributed by atoms with Crippen LogP contribution in [0.4, 0.5) is 21.5 Å². The number of carbonyl (C=O) groups excluding carboxylic acids is 1. The van der Waals surface area contributed by atoms with E-state index < -0.39 is 5.82 Å². The largest absolute Gasteiger partial charge is 0.397 e. The summed E-state index contributed by atoms with van der Waals surface area (Å²) < 4.78 is 13.3. The van der Waals surface area contributed by atoms with Gasteiger partial charge in [-0.3, -0.25) is 4.79 Å². The molecule has 3 aliphatic rings. The van der Waals surface area contributed by atoms with E-state index in [1.807, 2.05) is 0 Å². The molecule has 132 valence electrons. The normalized spacial score (nSPS) is 16.1. The second kappa shape index (κ2) is 5.67. The van der Waals surface area contributed by atoms with Crippen LogP contribution < -0.4 is 16.0 Å². The third-order valence-electron chi connectivity index (χ3n) is 5.24. The fourth-order valence-electron chi connectivity index (χ4n) is 3.91. The Balaban J connectivity index is 1.55. The number of carbonyl (C=O) groups is 1. The number of aromatic nitrogens is 1. The maximum absolute atomic E-state index is 13.3. The zero-order valence-corrected chi connectivity index (χ0v) is 14.8. The van der Waals surface area contributed by atoms with Crippen LogP contribution in [0.5, 0.6) is 0 Å². The molecule has 5 nitrogen and oxygen atoms in total. The first kappa shape index (κ1) is 15.6. The third-order valence-corrected chi connectivity index (χ3v) is 6.35. The quantitative estimate of drug-likeness (QED) is 0.718. The number of nitrogens with two attached hydrogens (primary N) is 1. The van der Waals surface area contributed by atoms with Gasteiger partial charge in [0, 0.05) is 30.1 Å². The highest BCUT2D eigenvalue weighted by Gasteiger charge is 2.33. The number of piperidine rings is 1. The van der Waals surface area contributed by atoms with Crippen molar-refractivity contribution in [3.63, 3.8) is 0 Å². The molecule has 0 atom stereocenters. The lowest BCUT2D eigenvalue weighted by atomic mass is 9.86. The van der Waals surface area contributed by atoms with E-state index in [9.17, 15) is 9.18 Å². The molecule has 6 rings (SSSR count). The van der Waals surface area contributed by atoms with Crippen molar-refractivity contribution >= 4 is 44.5 Å². The molecule has 1 saturated heterocycles. The van der Waals surface area contributed by atoms with Gasteiger partial charge in [-0.25, -0.2) is 9.37 Å². The van der Waals surface area contributed by atoms with E-state index in [0.29, 0.717) is 22.2 Å². The number of nitrogens with zero attached hydrogens (tertiary/aromatic N) is 2. The standard InChI is InChI=1S/C19H17FN4OS/c20-11-2-1-3-12(8-11)22-18(25)17-15(21)13-9-14-16(23-19(13)26-17)10-4-6-24(14)7-5-10/h1-3,8-10H,4-7,21H2,(H,22,25). The number of hydrogen-bond acceptors (Lipinski definition) is 5. The molecule has 1 aromatic carbocycles. The van der Waals surface area contributed by atoms with Gasteiger partial charge in [0.1, 0.15) is 15.5 Å². The van der Waals surface area contributed by atoms with Gasteiger partial charge in [-0.15, -0.1) is 11.3 Å². The number of hydrogen-bond donors (Lipinski definition) is 2. The number of fused-ring (bicyclic) bond motifs is 3. The summed E-state index contributed by atoms with van der Waals surface area (Å²) >= 11 is 1.30. The van der Waals surface area contributed by atoms with Crippen LogP contribution >= 0.6 is 11.3 Å². The Bertz CT molecular complexity index is 1040. The topological polar surface area (TPSA) is 71.2 Å². The van der Waals surface area contributed by atoms with E-state index in [-0.39, 0.29) is 5.91 Å². The Hall–Kier alpha value is -2.67. The predicted molar refractivity (Wildman–Crippen MR) is 103 cm³/mol. The van der Waals surface area contributed by atoms with Crippen molar-refractivity contribution < 1.29 is 9.18 Å². The molecule has 5 heterocycles. The van der Waals surface area contributed by atoms with Gasteiger partial charge in [0.15, 0.2) is 0 Å². The van der Waals surface area contributed by atoms with E-state index in [4.69, 9.17) is 10.7 Å². The summed E-state index contributed by atoms with van der Waals surface area (Å²) in [4.78, 5) is 21.0. The number of pyridine rings is 1. The first-order valence-corrected chi connectivity index (χ1v) is 9.46. The minimum absolute atomic E-state index is 0.336. The molecule has 1 amide bonds. The van der Waals surface area contributed by atoms with E-state index in [0.717, 1.165) is 47.5 Å². The van der Waals surface area contributed by atoms with Gasteiger partial charge in [-0.2, -0.15) is 0 Å². The predicted octanol–water partition coefficient (Wildman–Crippen LogP) is 3.97. The third kappa shape index (κ3) is 2.34. The Kier molecular flexibility index (Phi) is 3.40. The van der Waals surface area contributed by atoms with Crippen LogP contribution in [0, 0.1) is 5.82 Å². The first-order chi connectivity index (χ1) is 12.6. The van der Waals surface area contributed by atoms with Gasteiger partial charge in [-0.05, 0) is 37.1 Å². The molecule has 3 aliphatic heterocycles. The molecular formula is C19H17FN4OS. The molecule has 7 heteroatoms. The fourth-order valence-corrected chi connectivity index (χ4v) is 4.89. The molecule has 0 aliphatic carbocycles. The van der Waals surface area contributed by atoms with Crippen LogP contribution in [-0.4, -0.2) is 24.0 Å². The second-order valence-electron chi connectivity index (χ2n) is 6.82. The molecule has 26 heavy (non-hydrogen) atoms. The van der Waals surface area contributed by atoms with Gasteiger partial charge in [-0.1, -0.05) is 6.07 Å². The van der Waals surface area contributed by atoms with Crippen molar-refractivity contribution in [1.29, 1.82) is 0 Å². The number of halogens is 1. The summed E-state index contributed by atoms with van der Waals surface area (Å²) in [5, 5.41) is 3.54. The van der Waals surface area contributed by atoms with Gasteiger partial charge < -0.3 is 16.0 Å². The second-order valence-corrected chi connectivity index (χ2v) is 7.82. The van der Waals surface area contributed by atoms with Gasteiger partial charge in [0.2, 0.25) is 0 Å². The molecule has 0 radical (unpaired) electrons. The molecule has 1 fully saturated rings. The van der Waals surface area contributed by atoms with Crippen LogP contribution in [0.25, 0.3) is 10.2 Å². The minimum atomic E-state index is -0.397. The van der Waals surface area contributed by atoms with Crippen molar-refractivity contribution in [3.05, 3.63) is 46.7 Å².